The number of H-pyrrole nitrogens is 1. The Kier molecular flexibility index (Phi) is 11.9. The molecular weight excluding hydrogens is 586 g/mol. The van der Waals surface area contributed by atoms with Crippen LogP contribution in [0.25, 0.3) is 22.0 Å². The predicted octanol–water partition coefficient (Wildman–Crippen LogP) is 8.86. The Morgan fingerprint density at radius 1 is 0.872 bits per heavy atom. The monoisotopic (exact) mass is 631 g/mol. The van der Waals surface area contributed by atoms with E-state index in [-0.39, 0.29) is 23.9 Å². The molecule has 6 nitrogen and oxygen atoms in total. The van der Waals surface area contributed by atoms with E-state index in [4.69, 9.17) is 4.74 Å². The molecule has 0 amide bonds. The summed E-state index contributed by atoms with van der Waals surface area (Å²) in [6, 6.07) is 27.0. The highest BCUT2D eigenvalue weighted by Gasteiger charge is 2.13. The van der Waals surface area contributed by atoms with Gasteiger partial charge >= 0.3 is 0 Å². The fraction of sp³-hybridized carbons (Fsp3) is 0.293. The SMILES string of the molecule is CC(CCCC=CC(=O)CCc1ccc(O)c(OCCc2ccc(O)cc2-c2cc(CO)c3[nH]ccc3c2)c1)CCc1ccccc1. The third-order valence-corrected chi connectivity index (χ3v) is 8.77. The van der Waals surface area contributed by atoms with Crippen LogP contribution in [0.4, 0.5) is 0 Å². The van der Waals surface area contributed by atoms with Crippen molar-refractivity contribution >= 4 is 16.7 Å². The molecule has 0 spiro atoms. The number of phenols is 2. The van der Waals surface area contributed by atoms with Gasteiger partial charge in [0.25, 0.3) is 0 Å². The van der Waals surface area contributed by atoms with Crippen LogP contribution in [0.1, 0.15) is 61.3 Å². The normalized spacial score (nSPS) is 12.1. The number of phenolic OH excluding ortho intramolecular Hbond substituents is 2. The number of hydrogen-bond donors (Lipinski definition) is 4. The lowest BCUT2D eigenvalue weighted by Gasteiger charge is -2.14. The third kappa shape index (κ3) is 9.60. The molecule has 47 heavy (non-hydrogen) atoms. The molecule has 1 unspecified atom stereocenters. The van der Waals surface area contributed by atoms with Crippen LogP contribution in [0.3, 0.4) is 0 Å². The van der Waals surface area contributed by atoms with E-state index >= 15 is 0 Å². The first-order chi connectivity index (χ1) is 22.9. The molecule has 1 atom stereocenters. The molecule has 4 N–H and O–H groups in total. The molecule has 244 valence electrons. The summed E-state index contributed by atoms with van der Waals surface area (Å²) in [7, 11) is 0. The fourth-order valence-corrected chi connectivity index (χ4v) is 6.03. The molecule has 0 radical (unpaired) electrons. The van der Waals surface area contributed by atoms with Crippen molar-refractivity contribution in [3.63, 3.8) is 0 Å². The highest BCUT2D eigenvalue weighted by molar-refractivity contribution is 5.90. The Morgan fingerprint density at radius 3 is 2.55 bits per heavy atom. The Balaban J connectivity index is 1.09. The van der Waals surface area contributed by atoms with Gasteiger partial charge in [-0.05, 0) is 114 Å². The van der Waals surface area contributed by atoms with Gasteiger partial charge < -0.3 is 25.0 Å². The van der Waals surface area contributed by atoms with Gasteiger partial charge in [0.15, 0.2) is 17.3 Å². The van der Waals surface area contributed by atoms with E-state index < -0.39 is 0 Å². The number of rotatable bonds is 17. The minimum Gasteiger partial charge on any atom is -0.508 e. The fourth-order valence-electron chi connectivity index (χ4n) is 6.03. The molecule has 1 aromatic heterocycles. The van der Waals surface area contributed by atoms with Gasteiger partial charge in [-0.3, -0.25) is 4.79 Å². The van der Waals surface area contributed by atoms with Crippen molar-refractivity contribution in [1.29, 1.82) is 0 Å². The standard InChI is InChI=1S/C41H45NO5/c1-29(12-13-30-9-5-3-6-10-30)8-4-2-7-11-36(44)17-14-31-15-19-39(46)40(24-31)47-23-21-32-16-18-37(45)27-38(32)34-25-33-20-22-42-41(33)35(26-34)28-43/h3,5-7,9-11,15-16,18-20,22,24-27,29,42-43,45-46H,2,4,8,12-14,17,21,23,28H2,1H3. The van der Waals surface area contributed by atoms with Crippen molar-refractivity contribution < 1.29 is 24.9 Å². The van der Waals surface area contributed by atoms with Gasteiger partial charge in [0.2, 0.25) is 0 Å². The highest BCUT2D eigenvalue weighted by atomic mass is 16.5. The Labute approximate surface area is 277 Å². The number of aryl methyl sites for hydroxylation is 2. The molecule has 0 fully saturated rings. The number of benzene rings is 4. The maximum absolute atomic E-state index is 12.5. The molecule has 5 aromatic rings. The van der Waals surface area contributed by atoms with Crippen LogP contribution in [0.2, 0.25) is 0 Å². The van der Waals surface area contributed by atoms with E-state index in [0.717, 1.165) is 64.4 Å². The van der Waals surface area contributed by atoms with Crippen molar-refractivity contribution in [3.8, 4) is 28.4 Å². The van der Waals surface area contributed by atoms with Gasteiger partial charge in [0.1, 0.15) is 5.75 Å². The smallest absolute Gasteiger partial charge is 0.161 e. The summed E-state index contributed by atoms with van der Waals surface area (Å²) in [5.41, 5.74) is 6.70. The molecular formula is C41H45NO5. The molecule has 0 saturated heterocycles. The molecule has 0 saturated carbocycles. The van der Waals surface area contributed by atoms with Crippen LogP contribution in [-0.4, -0.2) is 32.7 Å². The van der Waals surface area contributed by atoms with Crippen molar-refractivity contribution in [2.45, 2.75) is 64.9 Å². The first-order valence-electron chi connectivity index (χ1n) is 16.6. The van der Waals surface area contributed by atoms with Gasteiger partial charge in [-0.1, -0.05) is 61.9 Å². The number of carbonyl (C=O) groups excluding carboxylic acids is 1. The second-order valence-electron chi connectivity index (χ2n) is 12.4. The van der Waals surface area contributed by atoms with Crippen molar-refractivity contribution in [2.75, 3.05) is 6.61 Å². The van der Waals surface area contributed by atoms with Gasteiger partial charge in [-0.2, -0.15) is 0 Å². The van der Waals surface area contributed by atoms with Gasteiger partial charge in [0.05, 0.1) is 18.7 Å². The Morgan fingerprint density at radius 2 is 1.72 bits per heavy atom. The van der Waals surface area contributed by atoms with Crippen LogP contribution in [0, 0.1) is 5.92 Å². The molecule has 0 bridgehead atoms. The van der Waals surface area contributed by atoms with E-state index in [1.165, 1.54) is 12.0 Å². The molecule has 4 aromatic carbocycles. The van der Waals surface area contributed by atoms with E-state index in [9.17, 15) is 20.1 Å². The number of unbranched alkanes of at least 4 members (excludes halogenated alkanes) is 1. The predicted molar refractivity (Wildman–Crippen MR) is 189 cm³/mol. The van der Waals surface area contributed by atoms with Crippen LogP contribution in [0.15, 0.2) is 103 Å². The highest BCUT2D eigenvalue weighted by Crippen LogP contribution is 2.33. The van der Waals surface area contributed by atoms with Gasteiger partial charge in [0, 0.05) is 30.0 Å². The van der Waals surface area contributed by atoms with Crippen LogP contribution in [-0.2, 0) is 30.7 Å². The molecule has 0 aliphatic carbocycles. The number of aliphatic hydroxyl groups is 1. The maximum atomic E-state index is 12.5. The number of aliphatic hydroxyl groups excluding tert-OH is 1. The van der Waals surface area contributed by atoms with Gasteiger partial charge in [-0.15, -0.1) is 0 Å². The van der Waals surface area contributed by atoms with Crippen molar-refractivity contribution in [2.24, 2.45) is 5.92 Å². The Bertz CT molecular complexity index is 1790. The molecule has 1 heterocycles. The van der Waals surface area contributed by atoms with Crippen LogP contribution in [0.5, 0.6) is 17.2 Å². The van der Waals surface area contributed by atoms with Crippen LogP contribution < -0.4 is 4.74 Å². The molecule has 0 aliphatic rings. The quantitative estimate of drug-likeness (QED) is 0.0607. The summed E-state index contributed by atoms with van der Waals surface area (Å²) in [6.07, 6.45) is 12.5. The van der Waals surface area contributed by atoms with Crippen molar-refractivity contribution in [1.82, 2.24) is 4.98 Å². The number of ether oxygens (including phenoxy) is 1. The number of carbonyl (C=O) groups is 1. The van der Waals surface area contributed by atoms with Crippen molar-refractivity contribution in [3.05, 3.63) is 126 Å². The first kappa shape index (κ1) is 33.6. The maximum Gasteiger partial charge on any atom is 0.161 e. The average molecular weight is 632 g/mol. The summed E-state index contributed by atoms with van der Waals surface area (Å²) in [6.45, 7) is 2.51. The number of allylic oxidation sites excluding steroid dienone is 2. The largest absolute Gasteiger partial charge is 0.508 e. The number of aromatic hydroxyl groups is 2. The number of fused-ring (bicyclic) bond motifs is 1. The zero-order valence-corrected chi connectivity index (χ0v) is 27.1. The third-order valence-electron chi connectivity index (χ3n) is 8.77. The van der Waals surface area contributed by atoms with E-state index in [1.807, 2.05) is 42.6 Å². The minimum absolute atomic E-state index is 0.0504. The summed E-state index contributed by atoms with van der Waals surface area (Å²) < 4.78 is 6.01. The summed E-state index contributed by atoms with van der Waals surface area (Å²) in [4.78, 5) is 15.7. The summed E-state index contributed by atoms with van der Waals surface area (Å²) in [5.74, 6) is 1.34. The number of aromatic nitrogens is 1. The molecule has 0 aliphatic heterocycles. The Hall–Kier alpha value is -4.81. The number of aromatic amines is 1. The summed E-state index contributed by atoms with van der Waals surface area (Å²) in [5, 5.41) is 31.6. The van der Waals surface area contributed by atoms with E-state index in [0.29, 0.717) is 37.5 Å². The average Bonchev–Trinajstić information content (AvgIpc) is 3.57. The summed E-state index contributed by atoms with van der Waals surface area (Å²) >= 11 is 0. The van der Waals surface area contributed by atoms with Gasteiger partial charge in [-0.25, -0.2) is 0 Å². The lowest BCUT2D eigenvalue weighted by molar-refractivity contribution is -0.114. The number of hydrogen-bond acceptors (Lipinski definition) is 5. The van der Waals surface area contributed by atoms with E-state index in [2.05, 4.69) is 42.2 Å². The lowest BCUT2D eigenvalue weighted by Crippen LogP contribution is -2.04. The topological polar surface area (TPSA) is 103 Å². The number of ketones is 1. The lowest BCUT2D eigenvalue weighted by atomic mass is 9.95. The first-order valence-corrected chi connectivity index (χ1v) is 16.6. The van der Waals surface area contributed by atoms with E-state index in [1.54, 1.807) is 30.3 Å². The molecule has 6 heteroatoms. The molecule has 5 rings (SSSR count). The number of nitrogens with one attached hydrogen (secondary N) is 1. The van der Waals surface area contributed by atoms with Crippen LogP contribution >= 0.6 is 0 Å². The zero-order chi connectivity index (χ0) is 33.0. The zero-order valence-electron chi connectivity index (χ0n) is 27.1. The second-order valence-corrected chi connectivity index (χ2v) is 12.4. The minimum atomic E-state index is -0.102. The second kappa shape index (κ2) is 16.7.